The number of nitrogens with one attached hydrogen (secondary N) is 1. The van der Waals surface area contributed by atoms with Crippen molar-refractivity contribution in [2.24, 2.45) is 11.7 Å². The minimum atomic E-state index is -3.27. The fourth-order valence-electron chi connectivity index (χ4n) is 1.11. The molecule has 0 aliphatic heterocycles. The Labute approximate surface area is 85.8 Å². The fourth-order valence-corrected chi connectivity index (χ4v) is 2.40. The first-order valence-corrected chi connectivity index (χ1v) is 6.33. The van der Waals surface area contributed by atoms with E-state index in [0.717, 1.165) is 12.8 Å². The SMILES string of the molecule is CC(CN)CN(C)S(=O)(=O)NC1CC1. The van der Waals surface area contributed by atoms with Gasteiger partial charge in [0.2, 0.25) is 0 Å². The lowest BCUT2D eigenvalue weighted by Gasteiger charge is -2.20. The van der Waals surface area contributed by atoms with E-state index in [1.54, 1.807) is 7.05 Å². The van der Waals surface area contributed by atoms with Crippen LogP contribution in [0.1, 0.15) is 19.8 Å². The average Bonchev–Trinajstić information content (AvgIpc) is 2.87. The van der Waals surface area contributed by atoms with Crippen LogP contribution >= 0.6 is 0 Å². The zero-order valence-corrected chi connectivity index (χ0v) is 9.55. The maximum atomic E-state index is 11.6. The summed E-state index contributed by atoms with van der Waals surface area (Å²) in [5.41, 5.74) is 5.44. The Bertz CT molecular complexity index is 274. The maximum absolute atomic E-state index is 11.6. The van der Waals surface area contributed by atoms with E-state index in [1.165, 1.54) is 4.31 Å². The lowest BCUT2D eigenvalue weighted by Crippen LogP contribution is -2.42. The average molecular weight is 221 g/mol. The third-order valence-electron chi connectivity index (χ3n) is 2.27. The van der Waals surface area contributed by atoms with Crippen LogP contribution in [0, 0.1) is 5.92 Å². The molecule has 0 spiro atoms. The van der Waals surface area contributed by atoms with E-state index < -0.39 is 10.2 Å². The number of rotatable bonds is 6. The predicted octanol–water partition coefficient (Wildman–Crippen LogP) is -0.490. The molecule has 1 saturated carbocycles. The maximum Gasteiger partial charge on any atom is 0.279 e. The van der Waals surface area contributed by atoms with Gasteiger partial charge in [0.05, 0.1) is 0 Å². The van der Waals surface area contributed by atoms with Crippen LogP contribution in [-0.4, -0.2) is 38.9 Å². The summed E-state index contributed by atoms with van der Waals surface area (Å²) in [7, 11) is -1.69. The zero-order chi connectivity index (χ0) is 10.8. The number of nitrogens with two attached hydrogens (primary N) is 1. The van der Waals surface area contributed by atoms with Crippen LogP contribution < -0.4 is 10.5 Å². The Morgan fingerprint density at radius 2 is 2.14 bits per heavy atom. The molecule has 6 heteroatoms. The van der Waals surface area contributed by atoms with Gasteiger partial charge in [-0.3, -0.25) is 0 Å². The van der Waals surface area contributed by atoms with Crippen LogP contribution in [0.5, 0.6) is 0 Å². The van der Waals surface area contributed by atoms with Gasteiger partial charge in [-0.25, -0.2) is 0 Å². The summed E-state index contributed by atoms with van der Waals surface area (Å²) in [6.45, 7) is 2.91. The van der Waals surface area contributed by atoms with E-state index >= 15 is 0 Å². The van der Waals surface area contributed by atoms with Gasteiger partial charge in [0.15, 0.2) is 0 Å². The van der Waals surface area contributed by atoms with Crippen molar-refractivity contribution < 1.29 is 8.42 Å². The van der Waals surface area contributed by atoms with Gasteiger partial charge in [-0.05, 0) is 25.3 Å². The zero-order valence-electron chi connectivity index (χ0n) is 8.73. The molecule has 0 aromatic carbocycles. The van der Waals surface area contributed by atoms with Gasteiger partial charge < -0.3 is 5.73 Å². The summed E-state index contributed by atoms with van der Waals surface area (Å²) in [5, 5.41) is 0. The number of hydrogen-bond donors (Lipinski definition) is 2. The molecule has 3 N–H and O–H groups in total. The summed E-state index contributed by atoms with van der Waals surface area (Å²) in [5.74, 6) is 0.191. The molecule has 0 saturated heterocycles. The molecule has 1 unspecified atom stereocenters. The topological polar surface area (TPSA) is 75.4 Å². The van der Waals surface area contributed by atoms with Gasteiger partial charge >= 0.3 is 0 Å². The van der Waals surface area contributed by atoms with E-state index in [1.807, 2.05) is 6.92 Å². The summed E-state index contributed by atoms with van der Waals surface area (Å²) in [6, 6.07) is 0.163. The van der Waals surface area contributed by atoms with Gasteiger partial charge in [-0.2, -0.15) is 17.4 Å². The molecule has 1 rings (SSSR count). The molecule has 84 valence electrons. The molecule has 1 atom stereocenters. The van der Waals surface area contributed by atoms with Gasteiger partial charge in [0.1, 0.15) is 0 Å². The van der Waals surface area contributed by atoms with Crippen LogP contribution in [0.25, 0.3) is 0 Å². The summed E-state index contributed by atoms with van der Waals surface area (Å²) in [6.07, 6.45) is 1.92. The third-order valence-corrected chi connectivity index (χ3v) is 3.88. The van der Waals surface area contributed by atoms with Crippen molar-refractivity contribution in [3.05, 3.63) is 0 Å². The lowest BCUT2D eigenvalue weighted by molar-refractivity contribution is 0.398. The molecular formula is C8H19N3O2S. The Kier molecular flexibility index (Phi) is 3.88. The van der Waals surface area contributed by atoms with Crippen molar-refractivity contribution in [2.45, 2.75) is 25.8 Å². The number of hydrogen-bond acceptors (Lipinski definition) is 3. The van der Waals surface area contributed by atoms with Crippen molar-refractivity contribution in [3.8, 4) is 0 Å². The Hall–Kier alpha value is -0.170. The highest BCUT2D eigenvalue weighted by Crippen LogP contribution is 2.20. The summed E-state index contributed by atoms with van der Waals surface area (Å²) < 4.78 is 27.2. The smallest absolute Gasteiger partial charge is 0.279 e. The van der Waals surface area contributed by atoms with E-state index in [0.29, 0.717) is 13.1 Å². The molecule has 0 radical (unpaired) electrons. The molecule has 0 heterocycles. The molecule has 14 heavy (non-hydrogen) atoms. The van der Waals surface area contributed by atoms with E-state index in [2.05, 4.69) is 4.72 Å². The van der Waals surface area contributed by atoms with Crippen molar-refractivity contribution in [1.29, 1.82) is 0 Å². The monoisotopic (exact) mass is 221 g/mol. The van der Waals surface area contributed by atoms with Gasteiger partial charge in [0.25, 0.3) is 10.2 Å². The second kappa shape index (κ2) is 4.57. The molecule has 0 aromatic rings. The lowest BCUT2D eigenvalue weighted by atomic mass is 10.2. The first kappa shape index (κ1) is 11.9. The molecule has 0 bridgehead atoms. The Morgan fingerprint density at radius 1 is 1.57 bits per heavy atom. The summed E-state index contributed by atoms with van der Waals surface area (Å²) >= 11 is 0. The van der Waals surface area contributed by atoms with Crippen LogP contribution in [0.15, 0.2) is 0 Å². The highest BCUT2D eigenvalue weighted by molar-refractivity contribution is 7.87. The highest BCUT2D eigenvalue weighted by atomic mass is 32.2. The van der Waals surface area contributed by atoms with Crippen molar-refractivity contribution in [3.63, 3.8) is 0 Å². The normalized spacial score (nSPS) is 20.0. The largest absolute Gasteiger partial charge is 0.330 e. The minimum Gasteiger partial charge on any atom is -0.330 e. The summed E-state index contributed by atoms with van der Waals surface area (Å²) in [4.78, 5) is 0. The minimum absolute atomic E-state index is 0.163. The number of nitrogens with zero attached hydrogens (tertiary/aromatic N) is 1. The fraction of sp³-hybridized carbons (Fsp3) is 1.00. The van der Waals surface area contributed by atoms with Crippen LogP contribution in [0.4, 0.5) is 0 Å². The molecule has 1 aliphatic rings. The molecule has 0 aromatic heterocycles. The molecular weight excluding hydrogens is 202 g/mol. The molecule has 0 amide bonds. The van der Waals surface area contributed by atoms with E-state index in [4.69, 9.17) is 5.73 Å². The second-order valence-electron chi connectivity index (χ2n) is 4.02. The standard InChI is InChI=1S/C8H19N3O2S/c1-7(5-9)6-11(2)14(12,13)10-8-3-4-8/h7-8,10H,3-6,9H2,1-2H3. The van der Waals surface area contributed by atoms with Crippen molar-refractivity contribution >= 4 is 10.2 Å². The molecule has 1 aliphatic carbocycles. The Morgan fingerprint density at radius 3 is 2.57 bits per heavy atom. The quantitative estimate of drug-likeness (QED) is 0.635. The van der Waals surface area contributed by atoms with E-state index in [9.17, 15) is 8.42 Å². The highest BCUT2D eigenvalue weighted by Gasteiger charge is 2.29. The van der Waals surface area contributed by atoms with Gasteiger partial charge in [-0.15, -0.1) is 0 Å². The molecule has 5 nitrogen and oxygen atoms in total. The Balaban J connectivity index is 2.44. The second-order valence-corrected chi connectivity index (χ2v) is 5.83. The van der Waals surface area contributed by atoms with Crippen LogP contribution in [0.2, 0.25) is 0 Å². The van der Waals surface area contributed by atoms with Crippen LogP contribution in [-0.2, 0) is 10.2 Å². The van der Waals surface area contributed by atoms with E-state index in [-0.39, 0.29) is 12.0 Å². The van der Waals surface area contributed by atoms with Crippen molar-refractivity contribution in [2.75, 3.05) is 20.1 Å². The van der Waals surface area contributed by atoms with Crippen LogP contribution in [0.3, 0.4) is 0 Å². The molecule has 1 fully saturated rings. The van der Waals surface area contributed by atoms with Crippen molar-refractivity contribution in [1.82, 2.24) is 9.03 Å². The third kappa shape index (κ3) is 3.53. The van der Waals surface area contributed by atoms with Gasteiger partial charge in [0, 0.05) is 19.6 Å². The first-order chi connectivity index (χ1) is 6.45. The predicted molar refractivity (Wildman–Crippen MR) is 55.9 cm³/mol. The first-order valence-electron chi connectivity index (χ1n) is 4.89. The van der Waals surface area contributed by atoms with Gasteiger partial charge in [-0.1, -0.05) is 6.92 Å².